The molecule has 1 heterocycles. The van der Waals surface area contributed by atoms with Gasteiger partial charge in [-0.1, -0.05) is 24.3 Å². The highest BCUT2D eigenvalue weighted by Crippen LogP contribution is 2.39. The molecule has 3 rings (SSSR count). The Labute approximate surface area is 175 Å². The van der Waals surface area contributed by atoms with Gasteiger partial charge in [-0.05, 0) is 37.6 Å². The third-order valence-corrected chi connectivity index (χ3v) is 5.94. The maximum Gasteiger partial charge on any atom is 0.341 e. The molecule has 0 atom stereocenters. The van der Waals surface area contributed by atoms with Gasteiger partial charge in [0.05, 0.1) is 18.0 Å². The summed E-state index contributed by atoms with van der Waals surface area (Å²) >= 11 is 0. The van der Waals surface area contributed by atoms with Crippen molar-refractivity contribution in [1.29, 1.82) is 0 Å². The molecule has 1 aliphatic heterocycles. The van der Waals surface area contributed by atoms with Crippen molar-refractivity contribution < 1.29 is 22.7 Å². The Kier molecular flexibility index (Phi) is 6.58. The average Bonchev–Trinajstić information content (AvgIpc) is 2.88. The van der Waals surface area contributed by atoms with Gasteiger partial charge in [0, 0.05) is 18.5 Å². The minimum Gasteiger partial charge on any atom is -0.455 e. The van der Waals surface area contributed by atoms with E-state index in [0.717, 1.165) is 11.1 Å². The maximum atomic E-state index is 12.9. The van der Waals surface area contributed by atoms with Crippen LogP contribution in [-0.4, -0.2) is 32.7 Å². The molecule has 3 N–H and O–H groups in total. The molecule has 0 aliphatic carbocycles. The number of sulfonamides is 1. The van der Waals surface area contributed by atoms with Crippen LogP contribution in [0, 0.1) is 6.92 Å². The Balaban J connectivity index is 1.69. The fourth-order valence-electron chi connectivity index (χ4n) is 2.89. The van der Waals surface area contributed by atoms with E-state index in [0.29, 0.717) is 17.2 Å². The molecule has 160 valence electrons. The highest BCUT2D eigenvalue weighted by molar-refractivity contribution is 7.89. The van der Waals surface area contributed by atoms with E-state index in [-0.39, 0.29) is 25.3 Å². The highest BCUT2D eigenvalue weighted by atomic mass is 32.2. The van der Waals surface area contributed by atoms with E-state index in [2.05, 4.69) is 15.6 Å². The summed E-state index contributed by atoms with van der Waals surface area (Å²) in [5.74, 6) is 0.604. The van der Waals surface area contributed by atoms with Crippen LogP contribution in [0.15, 0.2) is 42.5 Å². The van der Waals surface area contributed by atoms with Gasteiger partial charge >= 0.3 is 6.03 Å². The smallest absolute Gasteiger partial charge is 0.341 e. The molecular formula is C20H24N4O5S. The number of amides is 3. The fraction of sp³-hybridized carbons (Fsp3) is 0.300. The monoisotopic (exact) mass is 432 g/mol. The van der Waals surface area contributed by atoms with Crippen LogP contribution in [0.5, 0.6) is 11.5 Å². The number of aryl methyl sites for hydroxylation is 1. The van der Waals surface area contributed by atoms with Crippen molar-refractivity contribution in [2.45, 2.75) is 26.8 Å². The summed E-state index contributed by atoms with van der Waals surface area (Å²) in [5, 5.41) is 0. The Morgan fingerprint density at radius 2 is 1.87 bits per heavy atom. The number of para-hydroxylation sites is 1. The van der Waals surface area contributed by atoms with Gasteiger partial charge < -0.3 is 4.74 Å². The number of ether oxygens (including phenoxy) is 1. The van der Waals surface area contributed by atoms with E-state index in [9.17, 15) is 18.0 Å². The van der Waals surface area contributed by atoms with E-state index < -0.39 is 22.0 Å². The second-order valence-electron chi connectivity index (χ2n) is 6.79. The van der Waals surface area contributed by atoms with Crippen molar-refractivity contribution in [2.75, 3.05) is 17.2 Å². The molecule has 0 radical (unpaired) electrons. The van der Waals surface area contributed by atoms with Crippen molar-refractivity contribution >= 4 is 27.6 Å². The van der Waals surface area contributed by atoms with Crippen LogP contribution in [0.2, 0.25) is 0 Å². The number of rotatable bonds is 5. The lowest BCUT2D eigenvalue weighted by Crippen LogP contribution is -2.49. The van der Waals surface area contributed by atoms with Crippen LogP contribution in [0.25, 0.3) is 0 Å². The number of urea groups is 1. The van der Waals surface area contributed by atoms with E-state index >= 15 is 0 Å². The fourth-order valence-corrected chi connectivity index (χ4v) is 3.51. The first-order valence-corrected chi connectivity index (χ1v) is 11.1. The molecule has 0 bridgehead atoms. The van der Waals surface area contributed by atoms with Crippen LogP contribution in [-0.2, 0) is 21.4 Å². The summed E-state index contributed by atoms with van der Waals surface area (Å²) in [6.07, 6.45) is -0.110. The van der Waals surface area contributed by atoms with Gasteiger partial charge in [-0.3, -0.25) is 15.1 Å². The molecule has 2 aromatic rings. The number of benzene rings is 2. The molecule has 2 aromatic carbocycles. The van der Waals surface area contributed by atoms with Gasteiger partial charge in [0.25, 0.3) is 0 Å². The number of fused-ring (bicyclic) bond motifs is 2. The molecule has 0 aromatic heterocycles. The van der Waals surface area contributed by atoms with Gasteiger partial charge in [0.15, 0.2) is 5.75 Å². The summed E-state index contributed by atoms with van der Waals surface area (Å²) in [7, 11) is -3.37. The number of carbonyl (C=O) groups excluding carboxylic acids is 2. The Bertz CT molecular complexity index is 1050. The number of carbonyl (C=O) groups is 2. The van der Waals surface area contributed by atoms with Crippen molar-refractivity contribution in [3.8, 4) is 11.5 Å². The predicted octanol–water partition coefficient (Wildman–Crippen LogP) is 2.18. The van der Waals surface area contributed by atoms with Crippen molar-refractivity contribution in [3.05, 3.63) is 53.6 Å². The standard InChI is InChI=1S/C20H24N4O5S/c1-3-30(27,28)21-11-10-19(25)22-23-20(26)24-13-15-6-4-5-7-17(15)29-18-9-8-14(2)12-16(18)24/h4-9,12,21H,3,10-11,13H2,1-2H3,(H,22,25)(H,23,26). The second kappa shape index (κ2) is 9.14. The minimum atomic E-state index is -3.37. The molecular weight excluding hydrogens is 408 g/mol. The number of nitrogens with zero attached hydrogens (tertiary/aromatic N) is 1. The Hall–Kier alpha value is -3.11. The summed E-state index contributed by atoms with van der Waals surface area (Å²) in [5.41, 5.74) is 7.06. The number of anilines is 1. The molecule has 1 aliphatic rings. The van der Waals surface area contributed by atoms with E-state index in [4.69, 9.17) is 4.74 Å². The minimum absolute atomic E-state index is 0.0508. The Morgan fingerprint density at radius 3 is 2.63 bits per heavy atom. The molecule has 9 nitrogen and oxygen atoms in total. The summed E-state index contributed by atoms with van der Waals surface area (Å²) in [4.78, 5) is 26.3. The largest absolute Gasteiger partial charge is 0.455 e. The van der Waals surface area contributed by atoms with Crippen LogP contribution in [0.3, 0.4) is 0 Å². The first kappa shape index (κ1) is 21.6. The molecule has 30 heavy (non-hydrogen) atoms. The molecule has 10 heteroatoms. The molecule has 0 unspecified atom stereocenters. The zero-order chi connectivity index (χ0) is 21.7. The van der Waals surface area contributed by atoms with Crippen LogP contribution < -0.4 is 25.2 Å². The average molecular weight is 433 g/mol. The van der Waals surface area contributed by atoms with Gasteiger partial charge in [0.1, 0.15) is 5.75 Å². The quantitative estimate of drug-likeness (QED) is 0.626. The number of hydrogen-bond donors (Lipinski definition) is 3. The zero-order valence-electron chi connectivity index (χ0n) is 16.8. The van der Waals surface area contributed by atoms with Gasteiger partial charge in [-0.15, -0.1) is 0 Å². The molecule has 0 fully saturated rings. The molecule has 3 amide bonds. The van der Waals surface area contributed by atoms with Gasteiger partial charge in [0.2, 0.25) is 15.9 Å². The number of hydrogen-bond acceptors (Lipinski definition) is 5. The van der Waals surface area contributed by atoms with Gasteiger partial charge in [-0.25, -0.2) is 23.4 Å². The third-order valence-electron chi connectivity index (χ3n) is 4.53. The lowest BCUT2D eigenvalue weighted by atomic mass is 10.1. The van der Waals surface area contributed by atoms with E-state index in [1.807, 2.05) is 43.3 Å². The predicted molar refractivity (Wildman–Crippen MR) is 113 cm³/mol. The van der Waals surface area contributed by atoms with Crippen LogP contribution in [0.4, 0.5) is 10.5 Å². The summed E-state index contributed by atoms with van der Waals surface area (Å²) in [6.45, 7) is 3.62. The topological polar surface area (TPSA) is 117 Å². The Morgan fingerprint density at radius 1 is 1.10 bits per heavy atom. The molecule has 0 saturated carbocycles. The lowest BCUT2D eigenvalue weighted by molar-refractivity contribution is -0.121. The highest BCUT2D eigenvalue weighted by Gasteiger charge is 2.25. The van der Waals surface area contributed by atoms with E-state index in [1.54, 1.807) is 6.07 Å². The van der Waals surface area contributed by atoms with Crippen molar-refractivity contribution in [3.63, 3.8) is 0 Å². The van der Waals surface area contributed by atoms with Crippen LogP contribution >= 0.6 is 0 Å². The summed E-state index contributed by atoms with van der Waals surface area (Å²) in [6, 6.07) is 12.4. The second-order valence-corrected chi connectivity index (χ2v) is 8.89. The first-order chi connectivity index (χ1) is 14.3. The van der Waals surface area contributed by atoms with Crippen LogP contribution in [0.1, 0.15) is 24.5 Å². The van der Waals surface area contributed by atoms with E-state index in [1.165, 1.54) is 11.8 Å². The number of hydrazine groups is 1. The normalized spacial score (nSPS) is 12.8. The third kappa shape index (κ3) is 5.28. The maximum absolute atomic E-state index is 12.9. The molecule has 0 saturated heterocycles. The molecule has 0 spiro atoms. The SMILES string of the molecule is CCS(=O)(=O)NCCC(=O)NNC(=O)N1Cc2ccccc2Oc2ccc(C)cc21. The van der Waals surface area contributed by atoms with Crippen molar-refractivity contribution in [2.24, 2.45) is 0 Å². The number of nitrogens with one attached hydrogen (secondary N) is 3. The zero-order valence-corrected chi connectivity index (χ0v) is 17.6. The first-order valence-electron chi connectivity index (χ1n) is 9.49. The van der Waals surface area contributed by atoms with Gasteiger partial charge in [-0.2, -0.15) is 0 Å². The summed E-state index contributed by atoms with van der Waals surface area (Å²) < 4.78 is 31.1. The van der Waals surface area contributed by atoms with Crippen molar-refractivity contribution in [1.82, 2.24) is 15.6 Å². The lowest BCUT2D eigenvalue weighted by Gasteiger charge is -2.23.